The van der Waals surface area contributed by atoms with Crippen LogP contribution in [-0.4, -0.2) is 34.8 Å². The number of halogens is 2. The van der Waals surface area contributed by atoms with Gasteiger partial charge in [-0.2, -0.15) is 0 Å². The number of pyridine rings is 1. The summed E-state index contributed by atoms with van der Waals surface area (Å²) in [6.07, 6.45) is 5.27. The Morgan fingerprint density at radius 1 is 1.25 bits per heavy atom. The highest BCUT2D eigenvalue weighted by molar-refractivity contribution is 6.36. The van der Waals surface area contributed by atoms with E-state index in [0.717, 1.165) is 25.7 Å². The molecule has 0 bridgehead atoms. The predicted octanol–water partition coefficient (Wildman–Crippen LogP) is 4.88. The van der Waals surface area contributed by atoms with Crippen molar-refractivity contribution in [2.45, 2.75) is 51.2 Å². The van der Waals surface area contributed by atoms with Crippen molar-refractivity contribution >= 4 is 29.1 Å². The third kappa shape index (κ3) is 4.96. The number of nitrogens with zero attached hydrogens (tertiary/aromatic N) is 1. The normalized spacial score (nSPS) is 19.3. The number of amides is 1. The van der Waals surface area contributed by atoms with Gasteiger partial charge in [0.15, 0.2) is 0 Å². The van der Waals surface area contributed by atoms with Crippen LogP contribution in [-0.2, 0) is 0 Å². The van der Waals surface area contributed by atoms with Gasteiger partial charge in [0.25, 0.3) is 5.91 Å². The number of aliphatic hydroxyl groups excluding tert-OH is 1. The first-order chi connectivity index (χ1) is 13.5. The van der Waals surface area contributed by atoms with Crippen molar-refractivity contribution in [3.05, 3.63) is 46.1 Å². The number of carbonyl (C=O) groups excluding carboxylic acids is 1. The molecule has 150 valence electrons. The minimum atomic E-state index is -0.511. The van der Waals surface area contributed by atoms with Crippen LogP contribution in [0.5, 0.6) is 5.88 Å². The standard InChI is InChI=1S/C21H24Cl2N2O3/c1-2-9-28-21-16(15-8-7-14(22)11-17(15)23)10-13(12-24-21)20(27)25-18-5-3-4-6-19(18)26/h7-8,10-12,18-19,26H,2-6,9H2,1H3,(H,25,27). The van der Waals surface area contributed by atoms with Crippen LogP contribution in [0.15, 0.2) is 30.5 Å². The highest BCUT2D eigenvalue weighted by Crippen LogP contribution is 2.36. The van der Waals surface area contributed by atoms with E-state index in [2.05, 4.69) is 10.3 Å². The Balaban J connectivity index is 1.91. The summed E-state index contributed by atoms with van der Waals surface area (Å²) < 4.78 is 5.75. The zero-order valence-corrected chi connectivity index (χ0v) is 17.3. The molecule has 2 N–H and O–H groups in total. The number of carbonyl (C=O) groups is 1. The van der Waals surface area contributed by atoms with Gasteiger partial charge in [-0.15, -0.1) is 0 Å². The molecule has 1 heterocycles. The highest BCUT2D eigenvalue weighted by atomic mass is 35.5. The molecule has 2 atom stereocenters. The van der Waals surface area contributed by atoms with E-state index in [-0.39, 0.29) is 11.9 Å². The fourth-order valence-corrected chi connectivity index (χ4v) is 3.83. The molecule has 1 amide bonds. The van der Waals surface area contributed by atoms with Crippen molar-refractivity contribution in [3.63, 3.8) is 0 Å². The van der Waals surface area contributed by atoms with E-state index in [1.807, 2.05) is 6.92 Å². The molecular weight excluding hydrogens is 399 g/mol. The molecule has 1 aliphatic carbocycles. The van der Waals surface area contributed by atoms with Crippen LogP contribution in [0.25, 0.3) is 11.1 Å². The van der Waals surface area contributed by atoms with Crippen LogP contribution < -0.4 is 10.1 Å². The third-order valence-corrected chi connectivity index (χ3v) is 5.37. The van der Waals surface area contributed by atoms with Crippen molar-refractivity contribution in [3.8, 4) is 17.0 Å². The summed E-state index contributed by atoms with van der Waals surface area (Å²) >= 11 is 12.4. The second-order valence-electron chi connectivity index (χ2n) is 6.98. The van der Waals surface area contributed by atoms with E-state index in [1.165, 1.54) is 6.20 Å². The first-order valence-corrected chi connectivity index (χ1v) is 10.3. The lowest BCUT2D eigenvalue weighted by Gasteiger charge is -2.28. The number of hydrogen-bond acceptors (Lipinski definition) is 4. The maximum atomic E-state index is 12.7. The molecule has 3 rings (SSSR count). The van der Waals surface area contributed by atoms with E-state index < -0.39 is 6.10 Å². The Morgan fingerprint density at radius 2 is 2.04 bits per heavy atom. The molecule has 1 aromatic carbocycles. The summed E-state index contributed by atoms with van der Waals surface area (Å²) in [6, 6.07) is 6.65. The second-order valence-corrected chi connectivity index (χ2v) is 7.82. The zero-order valence-electron chi connectivity index (χ0n) is 15.8. The van der Waals surface area contributed by atoms with Crippen LogP contribution in [0.2, 0.25) is 10.0 Å². The van der Waals surface area contributed by atoms with Gasteiger partial charge in [0, 0.05) is 22.3 Å². The summed E-state index contributed by atoms with van der Waals surface area (Å²) in [7, 11) is 0. The Kier molecular flexibility index (Phi) is 7.16. The number of ether oxygens (including phenoxy) is 1. The first kappa shape index (κ1) is 20.9. The van der Waals surface area contributed by atoms with E-state index in [0.29, 0.717) is 45.6 Å². The van der Waals surface area contributed by atoms with Gasteiger partial charge in [0.05, 0.1) is 29.3 Å². The molecule has 1 fully saturated rings. The number of nitrogens with one attached hydrogen (secondary N) is 1. The molecule has 5 nitrogen and oxygen atoms in total. The topological polar surface area (TPSA) is 71.5 Å². The van der Waals surface area contributed by atoms with Crippen molar-refractivity contribution in [1.82, 2.24) is 10.3 Å². The lowest BCUT2D eigenvalue weighted by molar-refractivity contribution is 0.0717. The zero-order chi connectivity index (χ0) is 20.1. The number of rotatable bonds is 6. The molecule has 7 heteroatoms. The minimum Gasteiger partial charge on any atom is -0.477 e. The third-order valence-electron chi connectivity index (χ3n) is 4.82. The van der Waals surface area contributed by atoms with E-state index >= 15 is 0 Å². The minimum absolute atomic E-state index is 0.236. The Hall–Kier alpha value is -1.82. The average Bonchev–Trinajstić information content (AvgIpc) is 2.68. The van der Waals surface area contributed by atoms with E-state index in [4.69, 9.17) is 27.9 Å². The van der Waals surface area contributed by atoms with Crippen LogP contribution in [0.3, 0.4) is 0 Å². The lowest BCUT2D eigenvalue weighted by Crippen LogP contribution is -2.45. The van der Waals surface area contributed by atoms with Crippen molar-refractivity contribution < 1.29 is 14.6 Å². The van der Waals surface area contributed by atoms with Crippen LogP contribution in [0, 0.1) is 0 Å². The van der Waals surface area contributed by atoms with Gasteiger partial charge in [-0.3, -0.25) is 4.79 Å². The predicted molar refractivity (Wildman–Crippen MR) is 111 cm³/mol. The summed E-state index contributed by atoms with van der Waals surface area (Å²) in [5.41, 5.74) is 1.71. The van der Waals surface area contributed by atoms with Crippen molar-refractivity contribution in [1.29, 1.82) is 0 Å². The molecular formula is C21H24Cl2N2O3. The molecule has 1 saturated carbocycles. The summed E-state index contributed by atoms with van der Waals surface area (Å²) in [5.74, 6) is 0.146. The Labute approximate surface area is 175 Å². The van der Waals surface area contributed by atoms with Gasteiger partial charge >= 0.3 is 0 Å². The molecule has 28 heavy (non-hydrogen) atoms. The lowest BCUT2D eigenvalue weighted by atomic mass is 9.92. The van der Waals surface area contributed by atoms with Crippen molar-refractivity contribution in [2.75, 3.05) is 6.61 Å². The molecule has 2 unspecified atom stereocenters. The fourth-order valence-electron chi connectivity index (χ4n) is 3.32. The average molecular weight is 423 g/mol. The number of aromatic nitrogens is 1. The summed E-state index contributed by atoms with van der Waals surface area (Å²) in [4.78, 5) is 17.1. The van der Waals surface area contributed by atoms with Gasteiger partial charge in [0.1, 0.15) is 0 Å². The van der Waals surface area contributed by atoms with Gasteiger partial charge in [-0.25, -0.2) is 4.98 Å². The molecule has 0 radical (unpaired) electrons. The smallest absolute Gasteiger partial charge is 0.253 e. The molecule has 2 aromatic rings. The van der Waals surface area contributed by atoms with Crippen LogP contribution >= 0.6 is 23.2 Å². The molecule has 0 aliphatic heterocycles. The molecule has 1 aromatic heterocycles. The number of hydrogen-bond donors (Lipinski definition) is 2. The van der Waals surface area contributed by atoms with Gasteiger partial charge < -0.3 is 15.2 Å². The first-order valence-electron chi connectivity index (χ1n) is 9.56. The second kappa shape index (κ2) is 9.59. The summed E-state index contributed by atoms with van der Waals surface area (Å²) in [6.45, 7) is 2.51. The van der Waals surface area contributed by atoms with Gasteiger partial charge in [-0.05, 0) is 37.5 Å². The Morgan fingerprint density at radius 3 is 2.75 bits per heavy atom. The highest BCUT2D eigenvalue weighted by Gasteiger charge is 2.25. The molecule has 0 saturated heterocycles. The largest absolute Gasteiger partial charge is 0.477 e. The SMILES string of the molecule is CCCOc1ncc(C(=O)NC2CCCCC2O)cc1-c1ccc(Cl)cc1Cl. The van der Waals surface area contributed by atoms with Crippen molar-refractivity contribution in [2.24, 2.45) is 0 Å². The number of benzene rings is 1. The molecule has 1 aliphatic rings. The monoisotopic (exact) mass is 422 g/mol. The number of aliphatic hydroxyl groups is 1. The molecule has 0 spiro atoms. The summed E-state index contributed by atoms with van der Waals surface area (Å²) in [5, 5.41) is 14.0. The Bertz CT molecular complexity index is 844. The quantitative estimate of drug-likeness (QED) is 0.695. The van der Waals surface area contributed by atoms with Crippen LogP contribution in [0.1, 0.15) is 49.4 Å². The maximum Gasteiger partial charge on any atom is 0.253 e. The van der Waals surface area contributed by atoms with E-state index in [9.17, 15) is 9.90 Å². The fraction of sp³-hybridized carbons (Fsp3) is 0.429. The van der Waals surface area contributed by atoms with Crippen LogP contribution in [0.4, 0.5) is 0 Å². The van der Waals surface area contributed by atoms with Gasteiger partial charge in [-0.1, -0.05) is 49.0 Å². The van der Waals surface area contributed by atoms with Gasteiger partial charge in [0.2, 0.25) is 5.88 Å². The maximum absolute atomic E-state index is 12.7. The van der Waals surface area contributed by atoms with E-state index in [1.54, 1.807) is 24.3 Å².